The van der Waals surface area contributed by atoms with Crippen LogP contribution in [-0.2, 0) is 4.74 Å². The van der Waals surface area contributed by atoms with E-state index in [9.17, 15) is 5.11 Å². The summed E-state index contributed by atoms with van der Waals surface area (Å²) in [6.07, 6.45) is 8.08. The smallest absolute Gasteiger partial charge is 0.132 e. The van der Waals surface area contributed by atoms with Crippen LogP contribution in [0.4, 0.5) is 0 Å². The number of hydrogen-bond acceptors (Lipinski definition) is 2. The third-order valence-electron chi connectivity index (χ3n) is 3.71. The Kier molecular flexibility index (Phi) is 5.46. The number of aliphatic hydroxyl groups is 1. The van der Waals surface area contributed by atoms with E-state index in [2.05, 4.69) is 25.1 Å². The van der Waals surface area contributed by atoms with Crippen LogP contribution in [0.25, 0.3) is 0 Å². The summed E-state index contributed by atoms with van der Waals surface area (Å²) in [4.78, 5) is 0. The molecule has 1 aromatic carbocycles. The van der Waals surface area contributed by atoms with Gasteiger partial charge in [0.15, 0.2) is 0 Å². The molecule has 2 nitrogen and oxygen atoms in total. The van der Waals surface area contributed by atoms with Gasteiger partial charge in [0.2, 0.25) is 0 Å². The lowest BCUT2D eigenvalue weighted by Crippen LogP contribution is -2.19. The van der Waals surface area contributed by atoms with Gasteiger partial charge in [-0.2, -0.15) is 0 Å². The van der Waals surface area contributed by atoms with Crippen molar-refractivity contribution in [2.24, 2.45) is 0 Å². The molecule has 2 rings (SSSR count). The summed E-state index contributed by atoms with van der Waals surface area (Å²) in [6.45, 7) is 2.30. The quantitative estimate of drug-likeness (QED) is 0.750. The molecule has 0 fully saturated rings. The maximum atomic E-state index is 9.47. The van der Waals surface area contributed by atoms with Crippen LogP contribution in [0, 0.1) is 0 Å². The first-order chi connectivity index (χ1) is 9.35. The Bertz CT molecular complexity index is 397. The fourth-order valence-electron chi connectivity index (χ4n) is 2.62. The molecule has 1 N–H and O–H groups in total. The Hall–Kier alpha value is -1.28. The monoisotopic (exact) mass is 260 g/mol. The number of benzene rings is 1. The van der Waals surface area contributed by atoms with Gasteiger partial charge in [0.1, 0.15) is 6.10 Å². The zero-order valence-corrected chi connectivity index (χ0v) is 11.7. The molecule has 0 aliphatic carbocycles. The van der Waals surface area contributed by atoms with Gasteiger partial charge in [-0.05, 0) is 18.1 Å². The van der Waals surface area contributed by atoms with Crippen molar-refractivity contribution in [1.82, 2.24) is 0 Å². The third-order valence-corrected chi connectivity index (χ3v) is 3.71. The largest absolute Gasteiger partial charge is 0.492 e. The molecule has 2 heteroatoms. The highest BCUT2D eigenvalue weighted by molar-refractivity contribution is 5.29. The van der Waals surface area contributed by atoms with Gasteiger partial charge in [-0.25, -0.2) is 0 Å². The summed E-state index contributed by atoms with van der Waals surface area (Å²) in [6, 6.07) is 10.3. The van der Waals surface area contributed by atoms with Crippen molar-refractivity contribution < 1.29 is 9.84 Å². The molecule has 0 unspecified atom stereocenters. The lowest BCUT2D eigenvalue weighted by Gasteiger charge is -2.17. The molecule has 1 aliphatic heterocycles. The Labute approximate surface area is 116 Å². The Morgan fingerprint density at radius 1 is 1.11 bits per heavy atom. The lowest BCUT2D eigenvalue weighted by molar-refractivity contribution is 0.0657. The fourth-order valence-corrected chi connectivity index (χ4v) is 2.62. The highest BCUT2D eigenvalue weighted by Crippen LogP contribution is 2.34. The first-order valence-corrected chi connectivity index (χ1v) is 7.38. The first kappa shape index (κ1) is 14.1. The minimum absolute atomic E-state index is 0.0779. The number of ether oxygens (including phenoxy) is 1. The normalized spacial score (nSPS) is 22.1. The average Bonchev–Trinajstić information content (AvgIpc) is 2.88. The molecule has 0 saturated heterocycles. The molecule has 19 heavy (non-hydrogen) atoms. The van der Waals surface area contributed by atoms with E-state index in [0.717, 1.165) is 12.2 Å². The van der Waals surface area contributed by atoms with Gasteiger partial charge in [-0.1, -0.05) is 56.5 Å². The van der Waals surface area contributed by atoms with E-state index in [1.165, 1.54) is 31.2 Å². The van der Waals surface area contributed by atoms with Crippen molar-refractivity contribution in [3.8, 4) is 0 Å². The molecule has 0 radical (unpaired) electrons. The van der Waals surface area contributed by atoms with Crippen LogP contribution in [0.3, 0.4) is 0 Å². The van der Waals surface area contributed by atoms with Crippen molar-refractivity contribution in [1.29, 1.82) is 0 Å². The molecule has 0 saturated carbocycles. The summed E-state index contributed by atoms with van der Waals surface area (Å²) < 4.78 is 5.87. The molecule has 0 amide bonds. The van der Waals surface area contributed by atoms with Crippen LogP contribution in [-0.4, -0.2) is 17.8 Å². The van der Waals surface area contributed by atoms with Gasteiger partial charge in [0, 0.05) is 12.3 Å². The molecule has 1 aromatic rings. The van der Waals surface area contributed by atoms with Crippen LogP contribution in [0.2, 0.25) is 0 Å². The SMILES string of the molecule is CCCCCCC1=C[C@@H](c2ccccc2)[C@H](CO)O1. The number of hydrogen-bond donors (Lipinski definition) is 1. The van der Waals surface area contributed by atoms with Gasteiger partial charge in [0.05, 0.1) is 12.4 Å². The van der Waals surface area contributed by atoms with Crippen LogP contribution in [0.1, 0.15) is 50.5 Å². The van der Waals surface area contributed by atoms with Crippen LogP contribution in [0.15, 0.2) is 42.2 Å². The fraction of sp³-hybridized carbons (Fsp3) is 0.529. The maximum Gasteiger partial charge on any atom is 0.132 e. The predicted octanol–water partition coefficient (Wildman–Crippen LogP) is 4.02. The van der Waals surface area contributed by atoms with E-state index in [0.29, 0.717) is 0 Å². The van der Waals surface area contributed by atoms with Crippen molar-refractivity contribution >= 4 is 0 Å². The van der Waals surface area contributed by atoms with Crippen LogP contribution in [0.5, 0.6) is 0 Å². The molecule has 104 valence electrons. The van der Waals surface area contributed by atoms with Crippen molar-refractivity contribution in [3.63, 3.8) is 0 Å². The predicted molar refractivity (Wildman–Crippen MR) is 78.0 cm³/mol. The molecule has 0 spiro atoms. The summed E-state index contributed by atoms with van der Waals surface area (Å²) in [5, 5.41) is 9.47. The van der Waals surface area contributed by atoms with E-state index in [4.69, 9.17) is 4.74 Å². The van der Waals surface area contributed by atoms with Gasteiger partial charge >= 0.3 is 0 Å². The van der Waals surface area contributed by atoms with Crippen molar-refractivity contribution in [3.05, 3.63) is 47.7 Å². The van der Waals surface area contributed by atoms with Gasteiger partial charge in [-0.3, -0.25) is 0 Å². The van der Waals surface area contributed by atoms with E-state index >= 15 is 0 Å². The highest BCUT2D eigenvalue weighted by atomic mass is 16.5. The summed E-state index contributed by atoms with van der Waals surface area (Å²) in [5.41, 5.74) is 1.23. The summed E-state index contributed by atoms with van der Waals surface area (Å²) in [5.74, 6) is 1.26. The highest BCUT2D eigenvalue weighted by Gasteiger charge is 2.29. The topological polar surface area (TPSA) is 29.5 Å². The van der Waals surface area contributed by atoms with Crippen LogP contribution >= 0.6 is 0 Å². The summed E-state index contributed by atoms with van der Waals surface area (Å²) >= 11 is 0. The number of rotatable bonds is 7. The van der Waals surface area contributed by atoms with Crippen molar-refractivity contribution in [2.45, 2.75) is 51.0 Å². The second-order valence-electron chi connectivity index (χ2n) is 5.22. The maximum absolute atomic E-state index is 9.47. The average molecular weight is 260 g/mol. The Morgan fingerprint density at radius 3 is 2.58 bits per heavy atom. The molecule has 2 atom stereocenters. The van der Waals surface area contributed by atoms with Gasteiger partial charge in [0.25, 0.3) is 0 Å². The number of allylic oxidation sites excluding steroid dienone is 1. The molecule has 0 aromatic heterocycles. The molecular formula is C17H24O2. The van der Waals surface area contributed by atoms with Crippen LogP contribution < -0.4 is 0 Å². The number of unbranched alkanes of at least 4 members (excludes halogenated alkanes) is 3. The Balaban J connectivity index is 1.96. The number of aliphatic hydroxyl groups excluding tert-OH is 1. The lowest BCUT2D eigenvalue weighted by atomic mass is 9.94. The first-order valence-electron chi connectivity index (χ1n) is 7.38. The van der Waals surface area contributed by atoms with E-state index < -0.39 is 0 Å². The minimum atomic E-state index is -0.108. The van der Waals surface area contributed by atoms with E-state index in [-0.39, 0.29) is 18.6 Å². The van der Waals surface area contributed by atoms with E-state index in [1.54, 1.807) is 0 Å². The van der Waals surface area contributed by atoms with Crippen molar-refractivity contribution in [2.75, 3.05) is 6.61 Å². The second-order valence-corrected chi connectivity index (χ2v) is 5.22. The minimum Gasteiger partial charge on any atom is -0.492 e. The molecular weight excluding hydrogens is 236 g/mol. The summed E-state index contributed by atoms with van der Waals surface area (Å²) in [7, 11) is 0. The molecule has 1 heterocycles. The van der Waals surface area contributed by atoms with E-state index in [1.807, 2.05) is 18.2 Å². The van der Waals surface area contributed by atoms with Gasteiger partial charge in [-0.15, -0.1) is 0 Å². The zero-order valence-electron chi connectivity index (χ0n) is 11.7. The molecule has 1 aliphatic rings. The molecule has 0 bridgehead atoms. The standard InChI is InChI=1S/C17H24O2/c1-2-3-4-8-11-15-12-16(17(13-18)19-15)14-9-6-5-7-10-14/h5-7,9-10,12,16-18H,2-4,8,11,13H2,1H3/t16-,17-/m0/s1. The van der Waals surface area contributed by atoms with Gasteiger partial charge < -0.3 is 9.84 Å². The third kappa shape index (κ3) is 3.84. The second kappa shape index (κ2) is 7.34. The zero-order chi connectivity index (χ0) is 13.5. The Morgan fingerprint density at radius 2 is 1.89 bits per heavy atom.